The van der Waals surface area contributed by atoms with Crippen molar-refractivity contribution in [2.45, 2.75) is 17.6 Å². The summed E-state index contributed by atoms with van der Waals surface area (Å²) in [4.78, 5) is 12.7. The van der Waals surface area contributed by atoms with Gasteiger partial charge < -0.3 is 5.32 Å². The molecule has 1 amide bonds. The second-order valence-corrected chi connectivity index (χ2v) is 10.6. The van der Waals surface area contributed by atoms with Crippen molar-refractivity contribution < 1.29 is 13.2 Å². The van der Waals surface area contributed by atoms with Crippen molar-refractivity contribution in [1.82, 2.24) is 5.32 Å². The highest BCUT2D eigenvalue weighted by Gasteiger charge is 2.16. The number of rotatable bonds is 9. The predicted octanol–water partition coefficient (Wildman–Crippen LogP) is 5.77. The molecule has 168 valence electrons. The molecule has 0 aliphatic heterocycles. The highest BCUT2D eigenvalue weighted by Crippen LogP contribution is 2.28. The normalized spacial score (nSPS) is 11.2. The fourth-order valence-electron chi connectivity index (χ4n) is 2.86. The highest BCUT2D eigenvalue weighted by molar-refractivity contribution is 7.98. The number of anilines is 1. The Kier molecular flexibility index (Phi) is 8.48. The van der Waals surface area contributed by atoms with Gasteiger partial charge in [-0.3, -0.25) is 9.52 Å². The van der Waals surface area contributed by atoms with Crippen molar-refractivity contribution in [3.05, 3.63) is 93.5 Å². The zero-order valence-electron chi connectivity index (χ0n) is 17.3. The van der Waals surface area contributed by atoms with E-state index in [2.05, 4.69) is 10.0 Å². The van der Waals surface area contributed by atoms with Crippen LogP contribution in [0.15, 0.2) is 71.6 Å². The number of hydrogen-bond acceptors (Lipinski definition) is 4. The molecule has 0 aromatic heterocycles. The third kappa shape index (κ3) is 6.42. The molecule has 3 aromatic rings. The molecule has 5 nitrogen and oxygen atoms in total. The fraction of sp³-hybridized carbons (Fsp3) is 0.174. The van der Waals surface area contributed by atoms with Crippen LogP contribution in [0.2, 0.25) is 10.0 Å². The molecule has 0 spiro atoms. The number of nitrogens with one attached hydrogen (secondary N) is 2. The minimum absolute atomic E-state index is 0.157. The molecule has 0 fully saturated rings. The van der Waals surface area contributed by atoms with Gasteiger partial charge in [0.25, 0.3) is 15.9 Å². The van der Waals surface area contributed by atoms with Crippen molar-refractivity contribution in [2.24, 2.45) is 0 Å². The number of halogens is 2. The number of aryl methyl sites for hydroxylation is 1. The molecule has 0 radical (unpaired) electrons. The van der Waals surface area contributed by atoms with Crippen molar-refractivity contribution in [3.63, 3.8) is 0 Å². The topological polar surface area (TPSA) is 75.3 Å². The van der Waals surface area contributed by atoms with Gasteiger partial charge in [-0.2, -0.15) is 11.8 Å². The van der Waals surface area contributed by atoms with Crippen molar-refractivity contribution in [1.29, 1.82) is 0 Å². The maximum Gasteiger partial charge on any atom is 0.261 e. The molecule has 3 rings (SSSR count). The van der Waals surface area contributed by atoms with E-state index in [9.17, 15) is 13.2 Å². The van der Waals surface area contributed by atoms with E-state index in [0.717, 1.165) is 5.56 Å². The van der Waals surface area contributed by atoms with Crippen LogP contribution in [-0.2, 0) is 15.8 Å². The molecule has 0 aliphatic carbocycles. The van der Waals surface area contributed by atoms with Gasteiger partial charge in [0.2, 0.25) is 0 Å². The van der Waals surface area contributed by atoms with Crippen LogP contribution in [0.3, 0.4) is 0 Å². The smallest absolute Gasteiger partial charge is 0.261 e. The summed E-state index contributed by atoms with van der Waals surface area (Å²) < 4.78 is 27.8. The summed E-state index contributed by atoms with van der Waals surface area (Å²) >= 11 is 13.9. The van der Waals surface area contributed by atoms with Gasteiger partial charge in [-0.05, 0) is 54.4 Å². The summed E-state index contributed by atoms with van der Waals surface area (Å²) in [6.07, 6.45) is 0. The molecule has 0 saturated heterocycles. The van der Waals surface area contributed by atoms with E-state index in [1.54, 1.807) is 73.3 Å². The van der Waals surface area contributed by atoms with E-state index in [-0.39, 0.29) is 10.8 Å². The predicted molar refractivity (Wildman–Crippen MR) is 133 cm³/mol. The first-order valence-corrected chi connectivity index (χ1v) is 13.1. The zero-order valence-corrected chi connectivity index (χ0v) is 20.4. The molecule has 0 aliphatic rings. The molecule has 0 atom stereocenters. The minimum Gasteiger partial charge on any atom is -0.351 e. The van der Waals surface area contributed by atoms with Gasteiger partial charge >= 0.3 is 0 Å². The standard InChI is InChI=1S/C23H22Cl2N2O3S2/c1-16-10-11-17(14-22(16)27-32(29,30)18-6-3-2-4-7-18)23(28)26-12-13-31-15-19-20(24)8-5-9-21(19)25/h2-11,14,27H,12-13,15H2,1H3,(H,26,28). The third-order valence-corrected chi connectivity index (χ3v) is 7.71. The molecule has 2 N–H and O–H groups in total. The fourth-order valence-corrected chi connectivity index (χ4v) is 5.60. The van der Waals surface area contributed by atoms with Crippen molar-refractivity contribution >= 4 is 56.6 Å². The number of carbonyl (C=O) groups excluding carboxylic acids is 1. The van der Waals surface area contributed by atoms with Gasteiger partial charge in [0.05, 0.1) is 10.6 Å². The van der Waals surface area contributed by atoms with Crippen molar-refractivity contribution in [2.75, 3.05) is 17.0 Å². The Labute approximate surface area is 202 Å². The SMILES string of the molecule is Cc1ccc(C(=O)NCCSCc2c(Cl)cccc2Cl)cc1NS(=O)(=O)c1ccccc1. The van der Waals surface area contributed by atoms with E-state index >= 15 is 0 Å². The zero-order chi connectivity index (χ0) is 23.1. The van der Waals surface area contributed by atoms with Crippen LogP contribution in [0, 0.1) is 6.92 Å². The maximum absolute atomic E-state index is 12.6. The van der Waals surface area contributed by atoms with Gasteiger partial charge in [-0.15, -0.1) is 0 Å². The van der Waals surface area contributed by atoms with Crippen LogP contribution in [0.4, 0.5) is 5.69 Å². The molecular formula is C23H22Cl2N2O3S2. The first-order chi connectivity index (χ1) is 15.3. The van der Waals surface area contributed by atoms with Gasteiger partial charge in [-0.25, -0.2) is 8.42 Å². The van der Waals surface area contributed by atoms with E-state index in [0.29, 0.717) is 44.9 Å². The Morgan fingerprint density at radius 3 is 2.34 bits per heavy atom. The molecule has 32 heavy (non-hydrogen) atoms. The van der Waals surface area contributed by atoms with Crippen LogP contribution in [0.5, 0.6) is 0 Å². The van der Waals surface area contributed by atoms with E-state index < -0.39 is 10.0 Å². The van der Waals surface area contributed by atoms with Gasteiger partial charge in [0, 0.05) is 33.7 Å². The lowest BCUT2D eigenvalue weighted by molar-refractivity contribution is 0.0956. The molecular weight excluding hydrogens is 487 g/mol. The van der Waals surface area contributed by atoms with Crippen LogP contribution in [-0.4, -0.2) is 26.6 Å². The summed E-state index contributed by atoms with van der Waals surface area (Å²) in [5.74, 6) is 1.04. The Hall–Kier alpha value is -2.19. The third-order valence-electron chi connectivity index (χ3n) is 4.64. The Bertz CT molecular complexity index is 1180. The second-order valence-electron chi connectivity index (χ2n) is 6.96. The Morgan fingerprint density at radius 1 is 0.969 bits per heavy atom. The first-order valence-electron chi connectivity index (χ1n) is 9.75. The molecule has 0 unspecified atom stereocenters. The van der Waals surface area contributed by atoms with E-state index in [1.165, 1.54) is 12.1 Å². The first kappa shape index (κ1) is 24.5. The molecule has 9 heteroatoms. The lowest BCUT2D eigenvalue weighted by atomic mass is 10.1. The summed E-state index contributed by atoms with van der Waals surface area (Å²) in [6.45, 7) is 2.23. The number of thioether (sulfide) groups is 1. The van der Waals surface area contributed by atoms with Crippen LogP contribution < -0.4 is 10.0 Å². The number of sulfonamides is 1. The van der Waals surface area contributed by atoms with Gasteiger partial charge in [0.15, 0.2) is 0 Å². The Morgan fingerprint density at radius 2 is 1.66 bits per heavy atom. The monoisotopic (exact) mass is 508 g/mol. The van der Waals surface area contributed by atoms with Gasteiger partial charge in [-0.1, -0.05) is 53.5 Å². The summed E-state index contributed by atoms with van der Waals surface area (Å²) in [6, 6.07) is 18.4. The summed E-state index contributed by atoms with van der Waals surface area (Å²) in [5.41, 5.74) is 2.33. The lowest BCUT2D eigenvalue weighted by Crippen LogP contribution is -2.26. The average molecular weight is 509 g/mol. The maximum atomic E-state index is 12.6. The van der Waals surface area contributed by atoms with E-state index in [1.807, 2.05) is 0 Å². The van der Waals surface area contributed by atoms with Gasteiger partial charge in [0.1, 0.15) is 0 Å². The minimum atomic E-state index is -3.74. The molecule has 0 bridgehead atoms. The van der Waals surface area contributed by atoms with Crippen molar-refractivity contribution in [3.8, 4) is 0 Å². The molecule has 0 heterocycles. The lowest BCUT2D eigenvalue weighted by Gasteiger charge is -2.13. The molecule has 0 saturated carbocycles. The number of carbonyl (C=O) groups is 1. The number of hydrogen-bond donors (Lipinski definition) is 2. The van der Waals surface area contributed by atoms with Crippen LogP contribution in [0.25, 0.3) is 0 Å². The highest BCUT2D eigenvalue weighted by atomic mass is 35.5. The Balaban J connectivity index is 1.57. The summed E-state index contributed by atoms with van der Waals surface area (Å²) in [7, 11) is -3.74. The number of amides is 1. The average Bonchev–Trinajstić information content (AvgIpc) is 2.77. The number of benzene rings is 3. The van der Waals surface area contributed by atoms with E-state index in [4.69, 9.17) is 23.2 Å². The van der Waals surface area contributed by atoms with Crippen LogP contribution >= 0.6 is 35.0 Å². The largest absolute Gasteiger partial charge is 0.351 e. The summed E-state index contributed by atoms with van der Waals surface area (Å²) in [5, 5.41) is 4.10. The quantitative estimate of drug-likeness (QED) is 0.360. The molecule has 3 aromatic carbocycles. The second kappa shape index (κ2) is 11.1. The van der Waals surface area contributed by atoms with Crippen LogP contribution in [0.1, 0.15) is 21.5 Å².